The third-order valence-corrected chi connectivity index (χ3v) is 3.76. The van der Waals surface area contributed by atoms with Crippen molar-refractivity contribution >= 4 is 5.91 Å². The summed E-state index contributed by atoms with van der Waals surface area (Å²) in [5, 5.41) is 6.66. The first-order chi connectivity index (χ1) is 8.92. The van der Waals surface area contributed by atoms with Gasteiger partial charge in [0.25, 0.3) is 0 Å². The van der Waals surface area contributed by atoms with Gasteiger partial charge >= 0.3 is 0 Å². The van der Waals surface area contributed by atoms with E-state index in [-0.39, 0.29) is 11.4 Å². The van der Waals surface area contributed by atoms with Crippen LogP contribution in [0.1, 0.15) is 46.5 Å². The summed E-state index contributed by atoms with van der Waals surface area (Å²) in [6.07, 6.45) is 5.23. The molecule has 0 bridgehead atoms. The zero-order valence-electron chi connectivity index (χ0n) is 12.7. The van der Waals surface area contributed by atoms with Gasteiger partial charge in [0, 0.05) is 18.1 Å². The maximum absolute atomic E-state index is 11.9. The molecule has 0 radical (unpaired) electrons. The highest BCUT2D eigenvalue weighted by atomic mass is 16.2. The standard InChI is InChI=1S/C15H29N3O/c1-15(2,3)17-14(19)11-18-8-4-5-12(10-18)9-16-13-6-7-13/h12-13,16H,4-11H2,1-3H3,(H,17,19). The molecule has 0 spiro atoms. The Bertz CT molecular complexity index is 307. The van der Waals surface area contributed by atoms with Crippen LogP contribution in [0.3, 0.4) is 0 Å². The van der Waals surface area contributed by atoms with Gasteiger partial charge in [-0.1, -0.05) is 0 Å². The summed E-state index contributed by atoms with van der Waals surface area (Å²) in [5.74, 6) is 0.875. The topological polar surface area (TPSA) is 44.4 Å². The first-order valence-corrected chi connectivity index (χ1v) is 7.69. The Hall–Kier alpha value is -0.610. The summed E-state index contributed by atoms with van der Waals surface area (Å²) < 4.78 is 0. The highest BCUT2D eigenvalue weighted by molar-refractivity contribution is 5.78. The van der Waals surface area contributed by atoms with E-state index in [0.29, 0.717) is 6.54 Å². The third-order valence-electron chi connectivity index (χ3n) is 3.76. The van der Waals surface area contributed by atoms with Crippen molar-refractivity contribution in [3.8, 4) is 0 Å². The molecule has 110 valence electrons. The van der Waals surface area contributed by atoms with Gasteiger partial charge in [-0.2, -0.15) is 0 Å². The molecule has 19 heavy (non-hydrogen) atoms. The fourth-order valence-electron chi connectivity index (χ4n) is 2.74. The molecule has 1 atom stereocenters. The minimum atomic E-state index is -0.125. The number of nitrogens with zero attached hydrogens (tertiary/aromatic N) is 1. The zero-order valence-corrected chi connectivity index (χ0v) is 12.7. The second kappa shape index (κ2) is 6.23. The normalized spacial score (nSPS) is 25.3. The average Bonchev–Trinajstić information content (AvgIpc) is 3.07. The average molecular weight is 267 g/mol. The lowest BCUT2D eigenvalue weighted by Crippen LogP contribution is -2.48. The molecule has 1 amide bonds. The van der Waals surface area contributed by atoms with Crippen molar-refractivity contribution in [2.75, 3.05) is 26.2 Å². The van der Waals surface area contributed by atoms with Crippen LogP contribution in [0, 0.1) is 5.92 Å². The number of piperidine rings is 1. The van der Waals surface area contributed by atoms with Gasteiger partial charge in [-0.3, -0.25) is 9.69 Å². The Kier molecular flexibility index (Phi) is 4.85. The van der Waals surface area contributed by atoms with Crippen LogP contribution in [0.2, 0.25) is 0 Å². The maximum atomic E-state index is 11.9. The largest absolute Gasteiger partial charge is 0.350 e. The van der Waals surface area contributed by atoms with E-state index in [4.69, 9.17) is 0 Å². The van der Waals surface area contributed by atoms with Crippen LogP contribution in [0.15, 0.2) is 0 Å². The van der Waals surface area contributed by atoms with Gasteiger partial charge in [0.2, 0.25) is 5.91 Å². The third kappa shape index (κ3) is 5.91. The number of likely N-dealkylation sites (tertiary alicyclic amines) is 1. The summed E-state index contributed by atoms with van der Waals surface area (Å²) in [6, 6.07) is 0.791. The molecule has 1 unspecified atom stereocenters. The summed E-state index contributed by atoms with van der Waals surface area (Å²) >= 11 is 0. The molecular weight excluding hydrogens is 238 g/mol. The zero-order chi connectivity index (χ0) is 13.9. The van der Waals surface area contributed by atoms with Crippen molar-refractivity contribution in [2.24, 2.45) is 5.92 Å². The highest BCUT2D eigenvalue weighted by Gasteiger charge is 2.26. The monoisotopic (exact) mass is 267 g/mol. The van der Waals surface area contributed by atoms with Gasteiger partial charge < -0.3 is 10.6 Å². The van der Waals surface area contributed by atoms with Crippen molar-refractivity contribution in [3.05, 3.63) is 0 Å². The first-order valence-electron chi connectivity index (χ1n) is 7.69. The number of amides is 1. The fourth-order valence-corrected chi connectivity index (χ4v) is 2.74. The van der Waals surface area contributed by atoms with Crippen LogP contribution in [-0.2, 0) is 4.79 Å². The van der Waals surface area contributed by atoms with Crippen molar-refractivity contribution in [3.63, 3.8) is 0 Å². The second-order valence-electron chi connectivity index (χ2n) is 7.22. The van der Waals surface area contributed by atoms with Crippen molar-refractivity contribution < 1.29 is 4.79 Å². The van der Waals surface area contributed by atoms with Crippen LogP contribution in [0.5, 0.6) is 0 Å². The number of nitrogens with one attached hydrogen (secondary N) is 2. The lowest BCUT2D eigenvalue weighted by atomic mass is 9.98. The summed E-state index contributed by atoms with van der Waals surface area (Å²) in [5.41, 5.74) is -0.125. The molecular formula is C15H29N3O. The van der Waals surface area contributed by atoms with Crippen LogP contribution in [0.25, 0.3) is 0 Å². The lowest BCUT2D eigenvalue weighted by molar-refractivity contribution is -0.124. The molecule has 1 heterocycles. The molecule has 0 aromatic heterocycles. The molecule has 0 aromatic carbocycles. The number of rotatable bonds is 5. The van der Waals surface area contributed by atoms with Gasteiger partial charge in [-0.15, -0.1) is 0 Å². The van der Waals surface area contributed by atoms with Crippen molar-refractivity contribution in [1.29, 1.82) is 0 Å². The number of hydrogen-bond acceptors (Lipinski definition) is 3. The first kappa shape index (κ1) is 14.8. The molecule has 0 aromatic rings. The molecule has 1 saturated heterocycles. The van der Waals surface area contributed by atoms with Crippen molar-refractivity contribution in [2.45, 2.75) is 58.0 Å². The Labute approximate surface area is 117 Å². The molecule has 1 aliphatic carbocycles. The highest BCUT2D eigenvalue weighted by Crippen LogP contribution is 2.21. The molecule has 2 fully saturated rings. The molecule has 4 heteroatoms. The quantitative estimate of drug-likeness (QED) is 0.790. The minimum Gasteiger partial charge on any atom is -0.350 e. The number of hydrogen-bond donors (Lipinski definition) is 2. The predicted octanol–water partition coefficient (Wildman–Crippen LogP) is 1.37. The minimum absolute atomic E-state index is 0.125. The molecule has 2 rings (SSSR count). The van der Waals surface area contributed by atoms with Crippen LogP contribution >= 0.6 is 0 Å². The van der Waals surface area contributed by atoms with E-state index in [1.807, 2.05) is 20.8 Å². The molecule has 1 aliphatic heterocycles. The maximum Gasteiger partial charge on any atom is 0.234 e. The Morgan fingerprint density at radius 3 is 2.63 bits per heavy atom. The Balaban J connectivity index is 1.69. The fraction of sp³-hybridized carbons (Fsp3) is 0.933. The van der Waals surface area contributed by atoms with E-state index in [1.165, 1.54) is 25.7 Å². The van der Waals surface area contributed by atoms with Gasteiger partial charge in [-0.25, -0.2) is 0 Å². The SMILES string of the molecule is CC(C)(C)NC(=O)CN1CCCC(CNC2CC2)C1. The lowest BCUT2D eigenvalue weighted by Gasteiger charge is -2.33. The summed E-state index contributed by atoms with van der Waals surface area (Å²) in [6.45, 7) is 9.91. The van der Waals surface area contributed by atoms with Gasteiger partial charge in [-0.05, 0) is 65.5 Å². The Morgan fingerprint density at radius 2 is 2.00 bits per heavy atom. The van der Waals surface area contributed by atoms with Gasteiger partial charge in [0.05, 0.1) is 6.54 Å². The van der Waals surface area contributed by atoms with Gasteiger partial charge in [0.15, 0.2) is 0 Å². The van der Waals surface area contributed by atoms with Crippen molar-refractivity contribution in [1.82, 2.24) is 15.5 Å². The van der Waals surface area contributed by atoms with E-state index >= 15 is 0 Å². The predicted molar refractivity (Wildman–Crippen MR) is 78.1 cm³/mol. The molecule has 2 aliphatic rings. The number of carbonyl (C=O) groups excluding carboxylic acids is 1. The van der Waals surface area contributed by atoms with E-state index < -0.39 is 0 Å². The smallest absolute Gasteiger partial charge is 0.234 e. The van der Waals surface area contributed by atoms with E-state index in [2.05, 4.69) is 15.5 Å². The molecule has 4 nitrogen and oxygen atoms in total. The van der Waals surface area contributed by atoms with E-state index in [0.717, 1.165) is 31.6 Å². The molecule has 2 N–H and O–H groups in total. The summed E-state index contributed by atoms with van der Waals surface area (Å²) in [7, 11) is 0. The van der Waals surface area contributed by atoms with Gasteiger partial charge in [0.1, 0.15) is 0 Å². The van der Waals surface area contributed by atoms with Crippen LogP contribution in [-0.4, -0.2) is 48.6 Å². The second-order valence-corrected chi connectivity index (χ2v) is 7.22. The van der Waals surface area contributed by atoms with Crippen LogP contribution in [0.4, 0.5) is 0 Å². The summed E-state index contributed by atoms with van der Waals surface area (Å²) in [4.78, 5) is 14.3. The molecule has 1 saturated carbocycles. The van der Waals surface area contributed by atoms with Crippen LogP contribution < -0.4 is 10.6 Å². The van der Waals surface area contributed by atoms with E-state index in [1.54, 1.807) is 0 Å². The number of carbonyl (C=O) groups is 1. The van der Waals surface area contributed by atoms with E-state index in [9.17, 15) is 4.79 Å². The Morgan fingerprint density at radius 1 is 1.26 bits per heavy atom.